The fourth-order valence-electron chi connectivity index (χ4n) is 2.08. The van der Waals surface area contributed by atoms with E-state index in [1.54, 1.807) is 5.38 Å². The molecule has 8 heteroatoms. The van der Waals surface area contributed by atoms with E-state index in [2.05, 4.69) is 20.6 Å². The van der Waals surface area contributed by atoms with Crippen molar-refractivity contribution < 1.29 is 13.8 Å². The SMILES string of the molecule is C.O=C(Nc1nc(-c2cc(-c3ccccc3)no2)cs1)c1ccno1. The summed E-state index contributed by atoms with van der Waals surface area (Å²) < 4.78 is 10.1. The largest absolute Gasteiger partial charge is 0.354 e. The number of benzene rings is 1. The molecule has 3 aromatic heterocycles. The molecule has 0 aliphatic carbocycles. The molecule has 126 valence electrons. The lowest BCUT2D eigenvalue weighted by Crippen LogP contribution is -2.10. The number of hydrogen-bond acceptors (Lipinski definition) is 7. The normalized spacial score (nSPS) is 10.2. The summed E-state index contributed by atoms with van der Waals surface area (Å²) in [6, 6.07) is 13.0. The molecular weight excluding hydrogens is 340 g/mol. The first-order valence-corrected chi connectivity index (χ1v) is 7.87. The maximum atomic E-state index is 11.9. The first-order chi connectivity index (χ1) is 11.8. The molecule has 0 aliphatic rings. The number of hydrogen-bond donors (Lipinski definition) is 1. The molecule has 0 aliphatic heterocycles. The van der Waals surface area contributed by atoms with Crippen LogP contribution < -0.4 is 5.32 Å². The molecule has 0 saturated heterocycles. The van der Waals surface area contributed by atoms with Crippen molar-refractivity contribution in [3.05, 3.63) is 59.8 Å². The number of aromatic nitrogens is 3. The molecule has 4 rings (SSSR count). The van der Waals surface area contributed by atoms with E-state index in [0.717, 1.165) is 11.3 Å². The van der Waals surface area contributed by atoms with Crippen LogP contribution in [0.2, 0.25) is 0 Å². The van der Waals surface area contributed by atoms with Gasteiger partial charge < -0.3 is 9.05 Å². The fourth-order valence-corrected chi connectivity index (χ4v) is 2.77. The number of nitrogens with zero attached hydrogens (tertiary/aromatic N) is 3. The Hall–Kier alpha value is -3.26. The fraction of sp³-hybridized carbons (Fsp3) is 0.0588. The van der Waals surface area contributed by atoms with Crippen LogP contribution in [0.25, 0.3) is 22.7 Å². The van der Waals surface area contributed by atoms with E-state index in [4.69, 9.17) is 9.05 Å². The second-order valence-corrected chi connectivity index (χ2v) is 5.67. The maximum Gasteiger partial charge on any atom is 0.296 e. The van der Waals surface area contributed by atoms with Crippen LogP contribution in [0.15, 0.2) is 63.1 Å². The van der Waals surface area contributed by atoms with E-state index in [-0.39, 0.29) is 13.2 Å². The molecule has 0 unspecified atom stereocenters. The lowest BCUT2D eigenvalue weighted by Gasteiger charge is -1.95. The third-order valence-corrected chi connectivity index (χ3v) is 3.98. The molecule has 7 nitrogen and oxygen atoms in total. The van der Waals surface area contributed by atoms with Gasteiger partial charge in [0.05, 0.1) is 6.20 Å². The summed E-state index contributed by atoms with van der Waals surface area (Å²) in [5.74, 6) is 0.249. The third-order valence-electron chi connectivity index (χ3n) is 3.22. The highest BCUT2D eigenvalue weighted by Crippen LogP contribution is 2.28. The molecule has 0 bridgehead atoms. The number of rotatable bonds is 4. The van der Waals surface area contributed by atoms with Crippen molar-refractivity contribution in [2.45, 2.75) is 7.43 Å². The number of carbonyl (C=O) groups excluding carboxylic acids is 1. The van der Waals surface area contributed by atoms with Gasteiger partial charge in [-0.2, -0.15) is 0 Å². The van der Waals surface area contributed by atoms with Gasteiger partial charge in [0.15, 0.2) is 10.9 Å². The van der Waals surface area contributed by atoms with Crippen LogP contribution in [0.5, 0.6) is 0 Å². The lowest BCUT2D eigenvalue weighted by molar-refractivity contribution is 0.0988. The molecule has 0 spiro atoms. The van der Waals surface area contributed by atoms with Gasteiger partial charge in [0.2, 0.25) is 5.76 Å². The van der Waals surface area contributed by atoms with Crippen molar-refractivity contribution in [2.24, 2.45) is 0 Å². The van der Waals surface area contributed by atoms with E-state index in [1.165, 1.54) is 23.6 Å². The third kappa shape index (κ3) is 3.48. The van der Waals surface area contributed by atoms with Gasteiger partial charge in [0.25, 0.3) is 5.91 Å². The Morgan fingerprint density at radius 2 is 1.92 bits per heavy atom. The predicted molar refractivity (Wildman–Crippen MR) is 94.2 cm³/mol. The van der Waals surface area contributed by atoms with Crippen LogP contribution >= 0.6 is 11.3 Å². The van der Waals surface area contributed by atoms with Crippen molar-refractivity contribution in [1.29, 1.82) is 0 Å². The average Bonchev–Trinajstić information content (AvgIpc) is 3.36. The summed E-state index contributed by atoms with van der Waals surface area (Å²) in [5.41, 5.74) is 2.29. The van der Waals surface area contributed by atoms with Crippen molar-refractivity contribution in [3.8, 4) is 22.7 Å². The summed E-state index contributed by atoms with van der Waals surface area (Å²) in [6.07, 6.45) is 1.40. The zero-order chi connectivity index (χ0) is 16.4. The average molecular weight is 354 g/mol. The van der Waals surface area contributed by atoms with E-state index < -0.39 is 5.91 Å². The monoisotopic (exact) mass is 354 g/mol. The Balaban J connectivity index is 0.00000182. The number of thiazole rings is 1. The quantitative estimate of drug-likeness (QED) is 0.586. The standard InChI is InChI=1S/C16H10N4O3S.CH4/c21-15(13-6-7-17-22-13)19-16-18-12(9-24-16)14-8-11(20-23-14)10-4-2-1-3-5-10;/h1-9H,(H,18,19,21);1H4. The molecule has 1 amide bonds. The lowest BCUT2D eigenvalue weighted by atomic mass is 10.1. The predicted octanol–water partition coefficient (Wildman–Crippen LogP) is 4.34. The Labute approximate surface area is 147 Å². The first-order valence-electron chi connectivity index (χ1n) is 7.00. The highest BCUT2D eigenvalue weighted by Gasteiger charge is 2.15. The van der Waals surface area contributed by atoms with Crippen molar-refractivity contribution in [2.75, 3.05) is 5.32 Å². The Bertz CT molecular complexity index is 961. The molecular formula is C17H14N4O3S. The number of anilines is 1. The zero-order valence-corrected chi connectivity index (χ0v) is 13.0. The highest BCUT2D eigenvalue weighted by molar-refractivity contribution is 7.14. The number of carbonyl (C=O) groups is 1. The highest BCUT2D eigenvalue weighted by atomic mass is 32.1. The van der Waals surface area contributed by atoms with Gasteiger partial charge in [0, 0.05) is 23.1 Å². The van der Waals surface area contributed by atoms with Crippen LogP contribution in [-0.2, 0) is 0 Å². The molecule has 4 aromatic rings. The molecule has 25 heavy (non-hydrogen) atoms. The summed E-state index contributed by atoms with van der Waals surface area (Å²) in [7, 11) is 0. The van der Waals surface area contributed by atoms with Gasteiger partial charge in [-0.1, -0.05) is 48.1 Å². The van der Waals surface area contributed by atoms with Crippen LogP contribution in [0.4, 0.5) is 5.13 Å². The second kappa shape index (κ2) is 7.10. The van der Waals surface area contributed by atoms with E-state index in [1.807, 2.05) is 36.4 Å². The van der Waals surface area contributed by atoms with Crippen LogP contribution in [0.1, 0.15) is 18.0 Å². The topological polar surface area (TPSA) is 94.1 Å². The van der Waals surface area contributed by atoms with Crippen molar-refractivity contribution >= 4 is 22.4 Å². The molecule has 0 radical (unpaired) electrons. The van der Waals surface area contributed by atoms with Gasteiger partial charge in [-0.3, -0.25) is 10.1 Å². The van der Waals surface area contributed by atoms with E-state index in [9.17, 15) is 4.79 Å². The molecule has 0 saturated carbocycles. The molecule has 0 atom stereocenters. The van der Waals surface area contributed by atoms with Crippen LogP contribution in [-0.4, -0.2) is 21.2 Å². The minimum Gasteiger partial charge on any atom is -0.354 e. The van der Waals surface area contributed by atoms with Gasteiger partial charge in [-0.15, -0.1) is 11.3 Å². The molecule has 0 fully saturated rings. The van der Waals surface area contributed by atoms with Gasteiger partial charge in [-0.25, -0.2) is 4.98 Å². The number of nitrogens with one attached hydrogen (secondary N) is 1. The minimum atomic E-state index is -0.407. The minimum absolute atomic E-state index is 0. The maximum absolute atomic E-state index is 11.9. The smallest absolute Gasteiger partial charge is 0.296 e. The summed E-state index contributed by atoms with van der Waals surface area (Å²) in [6.45, 7) is 0. The van der Waals surface area contributed by atoms with Crippen LogP contribution in [0.3, 0.4) is 0 Å². The zero-order valence-electron chi connectivity index (χ0n) is 12.2. The van der Waals surface area contributed by atoms with Gasteiger partial charge in [0.1, 0.15) is 11.4 Å². The number of amides is 1. The second-order valence-electron chi connectivity index (χ2n) is 4.81. The van der Waals surface area contributed by atoms with Crippen molar-refractivity contribution in [1.82, 2.24) is 15.3 Å². The van der Waals surface area contributed by atoms with Crippen LogP contribution in [0, 0.1) is 0 Å². The van der Waals surface area contributed by atoms with Crippen molar-refractivity contribution in [3.63, 3.8) is 0 Å². The van der Waals surface area contributed by atoms with E-state index in [0.29, 0.717) is 16.6 Å². The summed E-state index contributed by atoms with van der Waals surface area (Å²) in [4.78, 5) is 16.2. The first kappa shape index (κ1) is 16.6. The molecule has 1 aromatic carbocycles. The Morgan fingerprint density at radius 1 is 1.08 bits per heavy atom. The molecule has 1 N–H and O–H groups in total. The Morgan fingerprint density at radius 3 is 2.68 bits per heavy atom. The van der Waals surface area contributed by atoms with Gasteiger partial charge in [-0.05, 0) is 0 Å². The van der Waals surface area contributed by atoms with E-state index >= 15 is 0 Å². The Kier molecular flexibility index (Phi) is 4.71. The molecule has 3 heterocycles. The summed E-state index contributed by atoms with van der Waals surface area (Å²) in [5, 5.41) is 12.4. The van der Waals surface area contributed by atoms with Gasteiger partial charge >= 0.3 is 0 Å². The summed E-state index contributed by atoms with van der Waals surface area (Å²) >= 11 is 1.28.